The van der Waals surface area contributed by atoms with Crippen molar-refractivity contribution in [2.24, 2.45) is 5.92 Å². The van der Waals surface area contributed by atoms with Gasteiger partial charge in [0, 0.05) is 43.5 Å². The van der Waals surface area contributed by atoms with E-state index in [4.69, 9.17) is 0 Å². The summed E-state index contributed by atoms with van der Waals surface area (Å²) in [5.74, 6) is -1.19. The molecule has 2 aliphatic heterocycles. The molecule has 2 aliphatic rings. The maximum atomic E-state index is 13.3. The zero-order valence-electron chi connectivity index (χ0n) is 16.4. The van der Waals surface area contributed by atoms with Crippen molar-refractivity contribution in [1.82, 2.24) is 0 Å². The van der Waals surface area contributed by atoms with E-state index < -0.39 is 5.92 Å². The molecule has 6 nitrogen and oxygen atoms in total. The van der Waals surface area contributed by atoms with Gasteiger partial charge in [-0.05, 0) is 60.9 Å². The predicted molar refractivity (Wildman–Crippen MR) is 108 cm³/mol. The highest BCUT2D eigenvalue weighted by molar-refractivity contribution is 6.04. The predicted octanol–water partition coefficient (Wildman–Crippen LogP) is 3.03. The summed E-state index contributed by atoms with van der Waals surface area (Å²) in [6.45, 7) is 4.20. The monoisotopic (exact) mass is 395 g/mol. The van der Waals surface area contributed by atoms with Crippen LogP contribution in [-0.4, -0.2) is 30.8 Å². The molecule has 1 atom stereocenters. The van der Waals surface area contributed by atoms with Crippen molar-refractivity contribution >= 4 is 34.8 Å². The quantitative estimate of drug-likeness (QED) is 0.869. The van der Waals surface area contributed by atoms with Crippen LogP contribution in [0.15, 0.2) is 36.4 Å². The Balaban J connectivity index is 1.48. The molecule has 1 saturated heterocycles. The largest absolute Gasteiger partial charge is 0.326 e. The topological polar surface area (TPSA) is 69.7 Å². The molecule has 0 radical (unpaired) electrons. The van der Waals surface area contributed by atoms with Crippen LogP contribution in [0.3, 0.4) is 0 Å². The van der Waals surface area contributed by atoms with E-state index in [2.05, 4.69) is 5.32 Å². The zero-order chi connectivity index (χ0) is 20.7. The molecular formula is C22H22FN3O3. The van der Waals surface area contributed by atoms with Crippen LogP contribution >= 0.6 is 0 Å². The lowest BCUT2D eigenvalue weighted by molar-refractivity contribution is -0.122. The first kappa shape index (κ1) is 19.1. The fraction of sp³-hybridized carbons (Fsp3) is 0.318. The Labute approximate surface area is 168 Å². The number of aryl methyl sites for hydroxylation is 1. The number of nitrogens with zero attached hydrogens (tertiary/aromatic N) is 2. The van der Waals surface area contributed by atoms with E-state index in [0.29, 0.717) is 24.3 Å². The number of halogens is 1. The number of carbonyl (C=O) groups excluding carboxylic acids is 3. The molecule has 4 rings (SSSR count). The molecule has 3 amide bonds. The van der Waals surface area contributed by atoms with Crippen LogP contribution in [0.5, 0.6) is 0 Å². The Bertz CT molecular complexity index is 1020. The molecule has 0 unspecified atom stereocenters. The van der Waals surface area contributed by atoms with Crippen molar-refractivity contribution in [1.29, 1.82) is 0 Å². The number of fused-ring (bicyclic) bond motifs is 1. The first-order valence-corrected chi connectivity index (χ1v) is 9.62. The van der Waals surface area contributed by atoms with Crippen LogP contribution in [0.1, 0.15) is 24.5 Å². The number of hydrogen-bond acceptors (Lipinski definition) is 3. The van der Waals surface area contributed by atoms with E-state index in [1.165, 1.54) is 18.2 Å². The van der Waals surface area contributed by atoms with Gasteiger partial charge in [0.2, 0.25) is 17.7 Å². The van der Waals surface area contributed by atoms with Gasteiger partial charge in [-0.3, -0.25) is 14.4 Å². The summed E-state index contributed by atoms with van der Waals surface area (Å²) in [5, 5.41) is 2.80. The summed E-state index contributed by atoms with van der Waals surface area (Å²) in [5.41, 5.74) is 3.83. The molecular weight excluding hydrogens is 373 g/mol. The van der Waals surface area contributed by atoms with Crippen molar-refractivity contribution in [2.45, 2.75) is 26.7 Å². The van der Waals surface area contributed by atoms with Gasteiger partial charge in [0.15, 0.2) is 0 Å². The van der Waals surface area contributed by atoms with Gasteiger partial charge in [0.05, 0.1) is 5.92 Å². The number of amides is 3. The van der Waals surface area contributed by atoms with Crippen LogP contribution in [0.25, 0.3) is 0 Å². The molecule has 0 spiro atoms. The highest BCUT2D eigenvalue weighted by atomic mass is 19.1. The highest BCUT2D eigenvalue weighted by Gasteiger charge is 2.36. The third-order valence-electron chi connectivity index (χ3n) is 5.59. The second-order valence-corrected chi connectivity index (χ2v) is 7.59. The van der Waals surface area contributed by atoms with Crippen molar-refractivity contribution < 1.29 is 18.8 Å². The minimum Gasteiger partial charge on any atom is -0.326 e. The number of benzene rings is 2. The molecule has 2 heterocycles. The van der Waals surface area contributed by atoms with Crippen LogP contribution < -0.4 is 15.1 Å². The summed E-state index contributed by atoms with van der Waals surface area (Å²) in [6.07, 6.45) is 0.876. The molecule has 0 bridgehead atoms. The lowest BCUT2D eigenvalue weighted by atomic mass is 10.1. The summed E-state index contributed by atoms with van der Waals surface area (Å²) in [7, 11) is 0. The van der Waals surface area contributed by atoms with E-state index in [9.17, 15) is 18.8 Å². The first-order valence-electron chi connectivity index (χ1n) is 9.62. The molecule has 0 saturated carbocycles. The average molecular weight is 395 g/mol. The van der Waals surface area contributed by atoms with Crippen molar-refractivity contribution in [3.8, 4) is 0 Å². The fourth-order valence-electron chi connectivity index (χ4n) is 4.02. The molecule has 1 N–H and O–H groups in total. The number of rotatable bonds is 3. The van der Waals surface area contributed by atoms with Crippen molar-refractivity contribution in [3.63, 3.8) is 0 Å². The second kappa shape index (κ2) is 7.31. The SMILES string of the molecule is CC(=O)N1CCc2cc(N3C[C@@H](C(=O)Nc4ccc(F)cc4C)CC3=O)ccc21. The van der Waals surface area contributed by atoms with Gasteiger partial charge in [-0.2, -0.15) is 0 Å². The fourth-order valence-corrected chi connectivity index (χ4v) is 4.02. The molecule has 29 heavy (non-hydrogen) atoms. The molecule has 1 fully saturated rings. The number of nitrogens with one attached hydrogen (secondary N) is 1. The lowest BCUT2D eigenvalue weighted by Gasteiger charge is -2.19. The maximum absolute atomic E-state index is 13.3. The lowest BCUT2D eigenvalue weighted by Crippen LogP contribution is -2.28. The Morgan fingerprint density at radius 3 is 2.69 bits per heavy atom. The summed E-state index contributed by atoms with van der Waals surface area (Å²) >= 11 is 0. The number of anilines is 3. The highest BCUT2D eigenvalue weighted by Crippen LogP contribution is 2.34. The maximum Gasteiger partial charge on any atom is 0.229 e. The summed E-state index contributed by atoms with van der Waals surface area (Å²) in [6, 6.07) is 9.79. The first-order chi connectivity index (χ1) is 13.8. The number of hydrogen-bond donors (Lipinski definition) is 1. The zero-order valence-corrected chi connectivity index (χ0v) is 16.4. The summed E-state index contributed by atoms with van der Waals surface area (Å²) < 4.78 is 13.3. The molecule has 150 valence electrons. The normalized spacial score (nSPS) is 18.2. The standard InChI is InChI=1S/C22H22FN3O3/c1-13-9-17(23)3-5-19(13)24-22(29)16-11-21(28)26(12-16)18-4-6-20-15(10-18)7-8-25(20)14(2)27/h3-6,9-10,16H,7-8,11-12H2,1-2H3,(H,24,29)/t16-/m0/s1. The molecule has 0 aliphatic carbocycles. The van der Waals surface area contributed by atoms with E-state index >= 15 is 0 Å². The van der Waals surface area contributed by atoms with Gasteiger partial charge in [-0.15, -0.1) is 0 Å². The average Bonchev–Trinajstić information content (AvgIpc) is 3.27. The Kier molecular flexibility index (Phi) is 4.82. The van der Waals surface area contributed by atoms with Gasteiger partial charge in [0.25, 0.3) is 0 Å². The van der Waals surface area contributed by atoms with Crippen LogP contribution in [0, 0.1) is 18.7 Å². The van der Waals surface area contributed by atoms with Gasteiger partial charge < -0.3 is 15.1 Å². The van der Waals surface area contributed by atoms with Gasteiger partial charge >= 0.3 is 0 Å². The molecule has 0 aromatic heterocycles. The number of carbonyl (C=O) groups is 3. The second-order valence-electron chi connectivity index (χ2n) is 7.59. The summed E-state index contributed by atoms with van der Waals surface area (Å²) in [4.78, 5) is 40.3. The Hall–Kier alpha value is -3.22. The van der Waals surface area contributed by atoms with Gasteiger partial charge in [-0.1, -0.05) is 0 Å². The third kappa shape index (κ3) is 3.60. The van der Waals surface area contributed by atoms with Crippen LogP contribution in [0.2, 0.25) is 0 Å². The minimum atomic E-state index is -0.478. The third-order valence-corrected chi connectivity index (χ3v) is 5.59. The van der Waals surface area contributed by atoms with Gasteiger partial charge in [-0.25, -0.2) is 4.39 Å². The van der Waals surface area contributed by atoms with E-state index in [-0.39, 0.29) is 30.0 Å². The van der Waals surface area contributed by atoms with Crippen molar-refractivity contribution in [3.05, 3.63) is 53.3 Å². The van der Waals surface area contributed by atoms with E-state index in [0.717, 1.165) is 23.4 Å². The Morgan fingerprint density at radius 2 is 1.97 bits per heavy atom. The molecule has 2 aromatic carbocycles. The van der Waals surface area contributed by atoms with Crippen molar-refractivity contribution in [2.75, 3.05) is 28.2 Å². The van der Waals surface area contributed by atoms with Gasteiger partial charge in [0.1, 0.15) is 5.82 Å². The molecule has 2 aromatic rings. The smallest absolute Gasteiger partial charge is 0.229 e. The Morgan fingerprint density at radius 1 is 1.17 bits per heavy atom. The van der Waals surface area contributed by atoms with Crippen LogP contribution in [0.4, 0.5) is 21.5 Å². The minimum absolute atomic E-state index is 0.00145. The van der Waals surface area contributed by atoms with E-state index in [1.54, 1.807) is 23.6 Å². The van der Waals surface area contributed by atoms with E-state index in [1.807, 2.05) is 18.2 Å². The van der Waals surface area contributed by atoms with Crippen LogP contribution in [-0.2, 0) is 20.8 Å². The molecule has 7 heteroatoms.